The maximum atomic E-state index is 8.84. The van der Waals surface area contributed by atoms with Crippen LogP contribution in [0.5, 0.6) is 0 Å². The van der Waals surface area contributed by atoms with Crippen molar-refractivity contribution in [2.45, 2.75) is 38.8 Å². The highest BCUT2D eigenvalue weighted by molar-refractivity contribution is 5.09. The van der Waals surface area contributed by atoms with Crippen LogP contribution in [0.1, 0.15) is 31.7 Å². The molecule has 2 heterocycles. The van der Waals surface area contributed by atoms with E-state index < -0.39 is 0 Å². The van der Waals surface area contributed by atoms with Crippen LogP contribution in [-0.4, -0.2) is 47.0 Å². The molecule has 2 rings (SSSR count). The van der Waals surface area contributed by atoms with Gasteiger partial charge in [-0.3, -0.25) is 14.8 Å². The van der Waals surface area contributed by atoms with Crippen LogP contribution < -0.4 is 0 Å². The van der Waals surface area contributed by atoms with E-state index in [1.54, 1.807) is 0 Å². The lowest BCUT2D eigenvalue weighted by atomic mass is 10.1. The largest absolute Gasteiger partial charge is 0.299 e. The first-order valence-electron chi connectivity index (χ1n) is 7.55. The Kier molecular flexibility index (Phi) is 5.97. The van der Waals surface area contributed by atoms with Gasteiger partial charge in [-0.25, -0.2) is 0 Å². The summed E-state index contributed by atoms with van der Waals surface area (Å²) in [6.07, 6.45) is 6.87. The quantitative estimate of drug-likeness (QED) is 0.764. The fourth-order valence-electron chi connectivity index (χ4n) is 3.01. The third kappa shape index (κ3) is 4.29. The smallest absolute Gasteiger partial charge is 0.0635 e. The van der Waals surface area contributed by atoms with Gasteiger partial charge in [0.1, 0.15) is 0 Å². The summed E-state index contributed by atoms with van der Waals surface area (Å²) in [5.41, 5.74) is 1.28. The Balaban J connectivity index is 1.94. The molecule has 1 unspecified atom stereocenters. The molecule has 1 aromatic rings. The molecule has 4 nitrogen and oxygen atoms in total. The molecule has 0 amide bonds. The Bertz CT molecular complexity index is 426. The Labute approximate surface area is 122 Å². The summed E-state index contributed by atoms with van der Waals surface area (Å²) in [6, 6.07) is 7.04. The maximum Gasteiger partial charge on any atom is 0.0635 e. The van der Waals surface area contributed by atoms with Crippen LogP contribution in [0.2, 0.25) is 0 Å². The lowest BCUT2D eigenvalue weighted by molar-refractivity contribution is 0.174. The van der Waals surface area contributed by atoms with Gasteiger partial charge in [0.15, 0.2) is 0 Å². The normalized spacial score (nSPS) is 19.4. The Morgan fingerprint density at radius 2 is 2.25 bits per heavy atom. The third-order valence-corrected chi connectivity index (χ3v) is 4.07. The van der Waals surface area contributed by atoms with Crippen LogP contribution in [0.3, 0.4) is 0 Å². The first kappa shape index (κ1) is 15.0. The van der Waals surface area contributed by atoms with Gasteiger partial charge >= 0.3 is 0 Å². The van der Waals surface area contributed by atoms with Crippen molar-refractivity contribution in [2.24, 2.45) is 0 Å². The van der Waals surface area contributed by atoms with Crippen molar-refractivity contribution in [3.63, 3.8) is 0 Å². The highest BCUT2D eigenvalue weighted by atomic mass is 15.2. The zero-order chi connectivity index (χ0) is 14.2. The molecule has 1 aliphatic heterocycles. The fourth-order valence-corrected chi connectivity index (χ4v) is 3.01. The second-order valence-electron chi connectivity index (χ2n) is 5.42. The Morgan fingerprint density at radius 3 is 2.95 bits per heavy atom. The average molecular weight is 272 g/mol. The van der Waals surface area contributed by atoms with E-state index in [-0.39, 0.29) is 0 Å². The van der Waals surface area contributed by atoms with Crippen molar-refractivity contribution in [3.8, 4) is 6.07 Å². The number of likely N-dealkylation sites (N-methyl/N-ethyl adjacent to an activating group) is 1. The molecule has 0 aromatic carbocycles. The number of nitriles is 1. The molecule has 1 aromatic heterocycles. The van der Waals surface area contributed by atoms with Crippen molar-refractivity contribution >= 4 is 0 Å². The highest BCUT2D eigenvalue weighted by Crippen LogP contribution is 2.18. The monoisotopic (exact) mass is 272 g/mol. The van der Waals surface area contributed by atoms with E-state index in [2.05, 4.69) is 39.9 Å². The summed E-state index contributed by atoms with van der Waals surface area (Å²) in [7, 11) is 0. The lowest BCUT2D eigenvalue weighted by Gasteiger charge is -2.29. The Morgan fingerprint density at radius 1 is 1.45 bits per heavy atom. The molecule has 1 aliphatic rings. The molecular formula is C16H24N4. The van der Waals surface area contributed by atoms with Gasteiger partial charge in [0, 0.05) is 44.5 Å². The summed E-state index contributed by atoms with van der Waals surface area (Å²) in [4.78, 5) is 9.04. The zero-order valence-corrected chi connectivity index (χ0v) is 12.3. The van der Waals surface area contributed by atoms with Crippen molar-refractivity contribution in [1.82, 2.24) is 14.8 Å². The molecular weight excluding hydrogens is 248 g/mol. The number of hydrogen-bond acceptors (Lipinski definition) is 4. The number of hydrogen-bond donors (Lipinski definition) is 0. The zero-order valence-electron chi connectivity index (χ0n) is 12.3. The second kappa shape index (κ2) is 7.98. The van der Waals surface area contributed by atoms with E-state index in [9.17, 15) is 0 Å². The van der Waals surface area contributed by atoms with E-state index in [4.69, 9.17) is 5.26 Å². The van der Waals surface area contributed by atoms with Crippen LogP contribution in [0.25, 0.3) is 0 Å². The van der Waals surface area contributed by atoms with Gasteiger partial charge in [-0.1, -0.05) is 6.92 Å². The number of rotatable bonds is 7. The highest BCUT2D eigenvalue weighted by Gasteiger charge is 2.24. The van der Waals surface area contributed by atoms with Crippen molar-refractivity contribution < 1.29 is 0 Å². The fraction of sp³-hybridized carbons (Fsp3) is 0.625. The molecule has 0 radical (unpaired) electrons. The molecule has 1 fully saturated rings. The number of aromatic nitrogens is 1. The standard InChI is InChI=1S/C16H24N4/c1-2-20-12-3-5-16(20)14-19(11-4-8-17)13-15-6-9-18-10-7-15/h6-7,9-10,16H,2-5,11-14H2,1H3. The summed E-state index contributed by atoms with van der Waals surface area (Å²) >= 11 is 0. The topological polar surface area (TPSA) is 43.2 Å². The van der Waals surface area contributed by atoms with Crippen LogP contribution in [0.4, 0.5) is 0 Å². The SMILES string of the molecule is CCN1CCCC1CN(CCC#N)Cc1ccncc1. The number of likely N-dealkylation sites (tertiary alicyclic amines) is 1. The third-order valence-electron chi connectivity index (χ3n) is 4.07. The van der Waals surface area contributed by atoms with Gasteiger partial charge in [-0.2, -0.15) is 5.26 Å². The van der Waals surface area contributed by atoms with Crippen molar-refractivity contribution in [2.75, 3.05) is 26.2 Å². The average Bonchev–Trinajstić information content (AvgIpc) is 2.93. The molecule has 0 spiro atoms. The van der Waals surface area contributed by atoms with Crippen LogP contribution >= 0.6 is 0 Å². The van der Waals surface area contributed by atoms with Gasteiger partial charge in [0.05, 0.1) is 6.07 Å². The summed E-state index contributed by atoms with van der Waals surface area (Å²) in [6.45, 7) is 7.43. The van der Waals surface area contributed by atoms with Crippen LogP contribution in [-0.2, 0) is 6.54 Å². The van der Waals surface area contributed by atoms with Gasteiger partial charge < -0.3 is 0 Å². The van der Waals surface area contributed by atoms with E-state index in [1.165, 1.54) is 24.9 Å². The first-order valence-corrected chi connectivity index (χ1v) is 7.55. The molecule has 0 saturated carbocycles. The second-order valence-corrected chi connectivity index (χ2v) is 5.42. The molecule has 1 saturated heterocycles. The van der Waals surface area contributed by atoms with E-state index in [0.29, 0.717) is 12.5 Å². The molecule has 20 heavy (non-hydrogen) atoms. The molecule has 1 atom stereocenters. The predicted molar refractivity (Wildman–Crippen MR) is 80.0 cm³/mol. The predicted octanol–water partition coefficient (Wildman–Crippen LogP) is 2.28. The van der Waals surface area contributed by atoms with Crippen molar-refractivity contribution in [3.05, 3.63) is 30.1 Å². The molecule has 0 N–H and O–H groups in total. The van der Waals surface area contributed by atoms with Gasteiger partial charge in [0.25, 0.3) is 0 Å². The summed E-state index contributed by atoms with van der Waals surface area (Å²) in [5, 5.41) is 8.84. The molecule has 4 heteroatoms. The van der Waals surface area contributed by atoms with Gasteiger partial charge in [0.2, 0.25) is 0 Å². The molecule has 108 valence electrons. The van der Waals surface area contributed by atoms with E-state index in [0.717, 1.165) is 26.2 Å². The summed E-state index contributed by atoms with van der Waals surface area (Å²) < 4.78 is 0. The number of pyridine rings is 1. The minimum Gasteiger partial charge on any atom is -0.299 e. The van der Waals surface area contributed by atoms with E-state index >= 15 is 0 Å². The first-order chi connectivity index (χ1) is 9.83. The minimum atomic E-state index is 0.601. The number of nitrogens with zero attached hydrogens (tertiary/aromatic N) is 4. The van der Waals surface area contributed by atoms with E-state index in [1.807, 2.05) is 12.4 Å². The van der Waals surface area contributed by atoms with Gasteiger partial charge in [-0.05, 0) is 43.6 Å². The summed E-state index contributed by atoms with van der Waals surface area (Å²) in [5.74, 6) is 0. The maximum absolute atomic E-state index is 8.84. The van der Waals surface area contributed by atoms with Crippen LogP contribution in [0, 0.1) is 11.3 Å². The molecule has 0 aliphatic carbocycles. The van der Waals surface area contributed by atoms with Crippen molar-refractivity contribution in [1.29, 1.82) is 5.26 Å². The minimum absolute atomic E-state index is 0.601. The Hall–Kier alpha value is -1.44. The lowest BCUT2D eigenvalue weighted by Crippen LogP contribution is -2.40. The molecule has 0 bridgehead atoms. The van der Waals surface area contributed by atoms with Crippen LogP contribution in [0.15, 0.2) is 24.5 Å². The van der Waals surface area contributed by atoms with Gasteiger partial charge in [-0.15, -0.1) is 0 Å².